The molecule has 0 fully saturated rings. The van der Waals surface area contributed by atoms with Gasteiger partial charge in [-0.1, -0.05) is 13.0 Å². The maximum atomic E-state index is 14.1. The van der Waals surface area contributed by atoms with E-state index in [-0.39, 0.29) is 11.3 Å². The zero-order chi connectivity index (χ0) is 20.2. The third-order valence-corrected chi connectivity index (χ3v) is 3.93. The summed E-state index contributed by atoms with van der Waals surface area (Å²) in [7, 11) is 1.07. The fourth-order valence-corrected chi connectivity index (χ4v) is 2.50. The number of hydrogen-bond donors (Lipinski definition) is 0. The number of rotatable bonds is 5. The zero-order valence-corrected chi connectivity index (χ0v) is 14.9. The molecule has 2 rings (SSSR count). The van der Waals surface area contributed by atoms with Crippen LogP contribution in [0.25, 0.3) is 0 Å². The minimum atomic E-state index is -4.63. The van der Waals surface area contributed by atoms with E-state index in [9.17, 15) is 22.4 Å². The Morgan fingerprint density at radius 1 is 1.15 bits per heavy atom. The van der Waals surface area contributed by atoms with Crippen molar-refractivity contribution in [1.82, 2.24) is 0 Å². The number of benzene rings is 2. The molecule has 2 aromatic carbocycles. The van der Waals surface area contributed by atoms with Crippen molar-refractivity contribution in [2.24, 2.45) is 0 Å². The molecule has 0 radical (unpaired) electrons. The predicted octanol–water partition coefficient (Wildman–Crippen LogP) is 5.44. The van der Waals surface area contributed by atoms with E-state index in [2.05, 4.69) is 4.74 Å². The second-order valence-corrected chi connectivity index (χ2v) is 5.69. The first-order valence-electron chi connectivity index (χ1n) is 8.04. The molecule has 2 aromatic rings. The van der Waals surface area contributed by atoms with Gasteiger partial charge in [-0.15, -0.1) is 0 Å². The van der Waals surface area contributed by atoms with E-state index in [4.69, 9.17) is 9.47 Å². The summed E-state index contributed by atoms with van der Waals surface area (Å²) >= 11 is 0. The Labute approximate surface area is 153 Å². The summed E-state index contributed by atoms with van der Waals surface area (Å²) in [5.41, 5.74) is 0.0142. The number of alkyl halides is 3. The van der Waals surface area contributed by atoms with Gasteiger partial charge in [-0.25, -0.2) is 9.18 Å². The Hall–Kier alpha value is -2.77. The molecule has 0 aromatic heterocycles. The number of aryl methyl sites for hydroxylation is 2. The summed E-state index contributed by atoms with van der Waals surface area (Å²) in [4.78, 5) is 11.3. The number of carbonyl (C=O) groups is 1. The van der Waals surface area contributed by atoms with Gasteiger partial charge in [0.15, 0.2) is 0 Å². The highest BCUT2D eigenvalue weighted by molar-refractivity contribution is 5.64. The van der Waals surface area contributed by atoms with Crippen LogP contribution >= 0.6 is 0 Å². The van der Waals surface area contributed by atoms with E-state index < -0.39 is 36.1 Å². The van der Waals surface area contributed by atoms with Gasteiger partial charge in [-0.05, 0) is 48.7 Å². The minimum absolute atomic E-state index is 0.197. The van der Waals surface area contributed by atoms with Gasteiger partial charge in [0.1, 0.15) is 23.9 Å². The molecule has 27 heavy (non-hydrogen) atoms. The van der Waals surface area contributed by atoms with Crippen LogP contribution in [-0.2, 0) is 23.9 Å². The summed E-state index contributed by atoms with van der Waals surface area (Å²) in [5.74, 6) is -1.41. The van der Waals surface area contributed by atoms with Gasteiger partial charge in [0, 0.05) is 0 Å². The molecule has 0 heterocycles. The van der Waals surface area contributed by atoms with Crippen molar-refractivity contribution < 1.29 is 36.6 Å². The van der Waals surface area contributed by atoms with E-state index in [1.54, 1.807) is 13.8 Å². The topological polar surface area (TPSA) is 44.8 Å². The molecular weight excluding hydrogens is 368 g/mol. The second-order valence-electron chi connectivity index (χ2n) is 5.69. The van der Waals surface area contributed by atoms with Crippen LogP contribution in [0.2, 0.25) is 0 Å². The molecule has 0 N–H and O–H groups in total. The van der Waals surface area contributed by atoms with Gasteiger partial charge in [0.25, 0.3) is 0 Å². The van der Waals surface area contributed by atoms with Gasteiger partial charge in [-0.2, -0.15) is 13.2 Å². The smallest absolute Gasteiger partial charge is 0.488 e. The third kappa shape index (κ3) is 4.90. The third-order valence-electron chi connectivity index (χ3n) is 3.93. The molecule has 4 nitrogen and oxygen atoms in total. The lowest BCUT2D eigenvalue weighted by Gasteiger charge is -2.18. The highest BCUT2D eigenvalue weighted by atomic mass is 19.4. The lowest BCUT2D eigenvalue weighted by molar-refractivity contribution is -0.139. The molecule has 0 atom stereocenters. The maximum Gasteiger partial charge on any atom is 0.513 e. The van der Waals surface area contributed by atoms with Crippen LogP contribution < -0.4 is 9.47 Å². The first kappa shape index (κ1) is 20.5. The van der Waals surface area contributed by atoms with Crippen molar-refractivity contribution in [3.05, 3.63) is 58.4 Å². The number of methoxy groups -OCH3 is 1. The normalized spacial score (nSPS) is 11.2. The molecule has 0 spiro atoms. The molecule has 0 aliphatic carbocycles. The summed E-state index contributed by atoms with van der Waals surface area (Å²) < 4.78 is 68.6. The van der Waals surface area contributed by atoms with E-state index in [1.165, 1.54) is 18.2 Å². The second kappa shape index (κ2) is 8.28. The van der Waals surface area contributed by atoms with Crippen LogP contribution in [0.15, 0.2) is 30.3 Å². The van der Waals surface area contributed by atoms with Gasteiger partial charge >= 0.3 is 12.3 Å². The van der Waals surface area contributed by atoms with Crippen LogP contribution in [0, 0.1) is 12.7 Å². The predicted molar refractivity (Wildman–Crippen MR) is 89.3 cm³/mol. The average molecular weight is 386 g/mol. The number of halogens is 4. The van der Waals surface area contributed by atoms with Crippen LogP contribution in [-0.4, -0.2) is 13.3 Å². The van der Waals surface area contributed by atoms with E-state index in [1.807, 2.05) is 0 Å². The van der Waals surface area contributed by atoms with Crippen molar-refractivity contribution in [2.75, 3.05) is 7.11 Å². The van der Waals surface area contributed by atoms with Crippen LogP contribution in [0.1, 0.15) is 29.2 Å². The SMILES string of the molecule is CCc1cc(C(F)(F)F)c(OCc2c(F)cccc2OC(=O)OC)cc1C. The fourth-order valence-electron chi connectivity index (χ4n) is 2.50. The number of carbonyl (C=O) groups excluding carboxylic acids is 1. The largest absolute Gasteiger partial charge is 0.513 e. The molecule has 8 heteroatoms. The molecular formula is C19H18F4O4. The molecule has 0 amide bonds. The lowest BCUT2D eigenvalue weighted by Crippen LogP contribution is -2.13. The van der Waals surface area contributed by atoms with Crippen molar-refractivity contribution in [3.63, 3.8) is 0 Å². The van der Waals surface area contributed by atoms with Crippen LogP contribution in [0.3, 0.4) is 0 Å². The molecule has 146 valence electrons. The Balaban J connectivity index is 2.37. The molecule has 0 saturated heterocycles. The lowest BCUT2D eigenvalue weighted by atomic mass is 10.0. The van der Waals surface area contributed by atoms with E-state index in [0.29, 0.717) is 17.5 Å². The standard InChI is InChI=1S/C19H18F4O4/c1-4-12-9-14(19(21,22)23)17(8-11(12)2)26-10-13-15(20)6-5-7-16(13)27-18(24)25-3/h5-9H,4,10H2,1-3H3. The monoisotopic (exact) mass is 386 g/mol. The molecule has 0 saturated carbocycles. The average Bonchev–Trinajstić information content (AvgIpc) is 2.60. The van der Waals surface area contributed by atoms with Crippen LogP contribution in [0.5, 0.6) is 11.5 Å². The summed E-state index contributed by atoms with van der Waals surface area (Å²) in [6, 6.07) is 5.95. The first-order chi connectivity index (χ1) is 12.7. The highest BCUT2D eigenvalue weighted by Crippen LogP contribution is 2.39. The Kier molecular flexibility index (Phi) is 6.30. The molecule has 0 aliphatic heterocycles. The summed E-state index contributed by atoms with van der Waals surface area (Å²) in [6.07, 6.45) is -5.28. The quantitative estimate of drug-likeness (QED) is 0.390. The van der Waals surface area contributed by atoms with Gasteiger partial charge < -0.3 is 14.2 Å². The number of hydrogen-bond acceptors (Lipinski definition) is 4. The zero-order valence-electron chi connectivity index (χ0n) is 14.9. The first-order valence-corrected chi connectivity index (χ1v) is 8.04. The van der Waals surface area contributed by atoms with Gasteiger partial charge in [0.2, 0.25) is 0 Å². The van der Waals surface area contributed by atoms with Gasteiger partial charge in [0.05, 0.1) is 18.2 Å². The highest BCUT2D eigenvalue weighted by Gasteiger charge is 2.35. The van der Waals surface area contributed by atoms with Gasteiger partial charge in [-0.3, -0.25) is 0 Å². The summed E-state index contributed by atoms with van der Waals surface area (Å²) in [6.45, 7) is 2.85. The van der Waals surface area contributed by atoms with Crippen molar-refractivity contribution in [1.29, 1.82) is 0 Å². The van der Waals surface area contributed by atoms with Crippen molar-refractivity contribution >= 4 is 6.16 Å². The van der Waals surface area contributed by atoms with Crippen molar-refractivity contribution in [2.45, 2.75) is 33.1 Å². The fraction of sp³-hybridized carbons (Fsp3) is 0.316. The Morgan fingerprint density at radius 2 is 1.85 bits per heavy atom. The molecule has 0 aliphatic rings. The van der Waals surface area contributed by atoms with E-state index in [0.717, 1.165) is 19.2 Å². The summed E-state index contributed by atoms with van der Waals surface area (Å²) in [5, 5.41) is 0. The Bertz CT molecular complexity index is 831. The van der Waals surface area contributed by atoms with Crippen molar-refractivity contribution in [3.8, 4) is 11.5 Å². The number of ether oxygens (including phenoxy) is 3. The minimum Gasteiger partial charge on any atom is -0.488 e. The van der Waals surface area contributed by atoms with Crippen LogP contribution in [0.4, 0.5) is 22.4 Å². The molecule has 0 unspecified atom stereocenters. The van der Waals surface area contributed by atoms with E-state index >= 15 is 0 Å². The maximum absolute atomic E-state index is 14.1. The Morgan fingerprint density at radius 3 is 2.44 bits per heavy atom. The molecule has 0 bridgehead atoms.